The van der Waals surface area contributed by atoms with Gasteiger partial charge in [0.05, 0.1) is 23.8 Å². The Morgan fingerprint density at radius 1 is 1.41 bits per heavy atom. The first-order valence-electron chi connectivity index (χ1n) is 8.96. The number of aromatic nitrogens is 2. The fourth-order valence-electron chi connectivity index (χ4n) is 2.40. The molecule has 2 atom stereocenters. The van der Waals surface area contributed by atoms with Gasteiger partial charge < -0.3 is 20.5 Å². The summed E-state index contributed by atoms with van der Waals surface area (Å²) in [6.45, 7) is 7.23. The Labute approximate surface area is 169 Å². The van der Waals surface area contributed by atoms with Gasteiger partial charge in [0.15, 0.2) is 5.96 Å². The van der Waals surface area contributed by atoms with Crippen molar-refractivity contribution in [1.29, 1.82) is 0 Å². The van der Waals surface area contributed by atoms with E-state index in [4.69, 9.17) is 4.74 Å². The van der Waals surface area contributed by atoms with Crippen LogP contribution in [0.5, 0.6) is 5.75 Å². The molecule has 0 aliphatic rings. The second kappa shape index (κ2) is 9.75. The number of aryl methyl sites for hydroxylation is 1. The molecule has 1 aromatic carbocycles. The zero-order valence-corrected chi connectivity index (χ0v) is 17.8. The number of rotatable bonds is 8. The number of aliphatic imine (C=N–C) groups is 1. The minimum atomic E-state index is -1.09. The van der Waals surface area contributed by atoms with Crippen LogP contribution in [0.1, 0.15) is 26.3 Å². The van der Waals surface area contributed by atoms with Gasteiger partial charge in [-0.15, -0.1) is 0 Å². The smallest absolute Gasteiger partial charge is 0.191 e. The van der Waals surface area contributed by atoms with Crippen LogP contribution < -0.4 is 15.4 Å². The molecule has 2 rings (SSSR count). The van der Waals surface area contributed by atoms with Gasteiger partial charge in [0, 0.05) is 25.4 Å². The SMILES string of the molecule is CCNC(=NCC(C)(O)c1cnn(C)c1)NCC(C)Oc1ccccc1Br. The van der Waals surface area contributed by atoms with E-state index in [2.05, 4.69) is 36.7 Å². The highest BCUT2D eigenvalue weighted by Crippen LogP contribution is 2.24. The molecule has 0 radical (unpaired) electrons. The Morgan fingerprint density at radius 2 is 2.15 bits per heavy atom. The third kappa shape index (κ3) is 6.55. The molecule has 8 heteroatoms. The summed E-state index contributed by atoms with van der Waals surface area (Å²) in [4.78, 5) is 4.51. The van der Waals surface area contributed by atoms with Crippen LogP contribution in [0.2, 0.25) is 0 Å². The summed E-state index contributed by atoms with van der Waals surface area (Å²) in [6, 6.07) is 7.75. The Bertz CT molecular complexity index is 760. The molecule has 0 aliphatic heterocycles. The van der Waals surface area contributed by atoms with E-state index in [-0.39, 0.29) is 12.6 Å². The topological polar surface area (TPSA) is 83.7 Å². The van der Waals surface area contributed by atoms with Crippen molar-refractivity contribution in [2.45, 2.75) is 32.5 Å². The predicted molar refractivity (Wildman–Crippen MR) is 111 cm³/mol. The maximum atomic E-state index is 10.7. The first kappa shape index (κ1) is 21.2. The summed E-state index contributed by atoms with van der Waals surface area (Å²) in [5.41, 5.74) is -0.358. The number of nitrogens with zero attached hydrogens (tertiary/aromatic N) is 3. The summed E-state index contributed by atoms with van der Waals surface area (Å²) in [5.74, 6) is 1.43. The molecule has 148 valence electrons. The van der Waals surface area contributed by atoms with Crippen LogP contribution in [0.3, 0.4) is 0 Å². The lowest BCUT2D eigenvalue weighted by atomic mass is 10.0. The van der Waals surface area contributed by atoms with Crippen LogP contribution in [-0.2, 0) is 12.6 Å². The van der Waals surface area contributed by atoms with E-state index in [1.54, 1.807) is 24.0 Å². The number of aliphatic hydroxyl groups is 1. The fraction of sp³-hybridized carbons (Fsp3) is 0.474. The van der Waals surface area contributed by atoms with E-state index in [0.29, 0.717) is 12.5 Å². The van der Waals surface area contributed by atoms with Gasteiger partial charge in [-0.2, -0.15) is 5.10 Å². The Hall–Kier alpha value is -2.06. The molecule has 27 heavy (non-hydrogen) atoms. The summed E-state index contributed by atoms with van der Waals surface area (Å²) in [6.07, 6.45) is 3.39. The Morgan fingerprint density at radius 3 is 2.78 bits per heavy atom. The standard InChI is InChI=1S/C19H28BrN5O2/c1-5-21-18(23-13-19(3,26)15-11-24-25(4)12-15)22-10-14(2)27-17-9-7-6-8-16(17)20/h6-9,11-12,14,26H,5,10,13H2,1-4H3,(H2,21,22,23). The van der Waals surface area contributed by atoms with Crippen molar-refractivity contribution >= 4 is 21.9 Å². The van der Waals surface area contributed by atoms with Crippen molar-refractivity contribution in [3.63, 3.8) is 0 Å². The summed E-state index contributed by atoms with van der Waals surface area (Å²) in [5, 5.41) is 21.2. The van der Waals surface area contributed by atoms with Gasteiger partial charge in [0.1, 0.15) is 17.5 Å². The lowest BCUT2D eigenvalue weighted by Gasteiger charge is -2.21. The largest absolute Gasteiger partial charge is 0.488 e. The van der Waals surface area contributed by atoms with Crippen molar-refractivity contribution in [2.24, 2.45) is 12.0 Å². The van der Waals surface area contributed by atoms with Crippen molar-refractivity contribution in [3.05, 3.63) is 46.7 Å². The van der Waals surface area contributed by atoms with Crippen LogP contribution in [0.4, 0.5) is 0 Å². The van der Waals surface area contributed by atoms with E-state index in [1.807, 2.05) is 45.2 Å². The average molecular weight is 438 g/mol. The van der Waals surface area contributed by atoms with Crippen molar-refractivity contribution in [1.82, 2.24) is 20.4 Å². The number of halogens is 1. The third-order valence-corrected chi connectivity index (χ3v) is 4.59. The van der Waals surface area contributed by atoms with E-state index >= 15 is 0 Å². The molecule has 0 aliphatic carbocycles. The number of nitrogens with one attached hydrogen (secondary N) is 2. The number of benzene rings is 1. The normalized spacial score (nSPS) is 15.1. The summed E-state index contributed by atoms with van der Waals surface area (Å²) >= 11 is 3.48. The van der Waals surface area contributed by atoms with Crippen LogP contribution in [0.25, 0.3) is 0 Å². The first-order chi connectivity index (χ1) is 12.8. The second-order valence-corrected chi connectivity index (χ2v) is 7.47. The molecule has 2 aromatic rings. The molecule has 0 fully saturated rings. The molecule has 0 amide bonds. The minimum absolute atomic E-state index is 0.0635. The molecule has 7 nitrogen and oxygen atoms in total. The molecular weight excluding hydrogens is 410 g/mol. The lowest BCUT2D eigenvalue weighted by molar-refractivity contribution is 0.0671. The fourth-order valence-corrected chi connectivity index (χ4v) is 2.78. The zero-order chi connectivity index (χ0) is 19.9. The van der Waals surface area contributed by atoms with Crippen LogP contribution >= 0.6 is 15.9 Å². The first-order valence-corrected chi connectivity index (χ1v) is 9.76. The van der Waals surface area contributed by atoms with E-state index in [9.17, 15) is 5.11 Å². The van der Waals surface area contributed by atoms with Gasteiger partial charge in [-0.1, -0.05) is 12.1 Å². The van der Waals surface area contributed by atoms with Gasteiger partial charge in [-0.05, 0) is 48.8 Å². The second-order valence-electron chi connectivity index (χ2n) is 6.61. The number of ether oxygens (including phenoxy) is 1. The molecule has 0 saturated heterocycles. The van der Waals surface area contributed by atoms with Gasteiger partial charge in [0.25, 0.3) is 0 Å². The van der Waals surface area contributed by atoms with Crippen LogP contribution in [0.15, 0.2) is 46.1 Å². The molecule has 0 bridgehead atoms. The highest BCUT2D eigenvalue weighted by atomic mass is 79.9. The summed E-state index contributed by atoms with van der Waals surface area (Å²) in [7, 11) is 1.82. The van der Waals surface area contributed by atoms with Gasteiger partial charge >= 0.3 is 0 Å². The van der Waals surface area contributed by atoms with Crippen molar-refractivity contribution in [3.8, 4) is 5.75 Å². The highest BCUT2D eigenvalue weighted by Gasteiger charge is 2.24. The van der Waals surface area contributed by atoms with E-state index in [0.717, 1.165) is 22.3 Å². The zero-order valence-electron chi connectivity index (χ0n) is 16.2. The molecule has 0 saturated carbocycles. The number of hydrogen-bond donors (Lipinski definition) is 3. The monoisotopic (exact) mass is 437 g/mol. The van der Waals surface area contributed by atoms with Crippen LogP contribution in [0, 0.1) is 0 Å². The average Bonchev–Trinajstić information content (AvgIpc) is 3.07. The van der Waals surface area contributed by atoms with Gasteiger partial charge in [-0.25, -0.2) is 4.99 Å². The number of hydrogen-bond acceptors (Lipinski definition) is 4. The minimum Gasteiger partial charge on any atom is -0.488 e. The van der Waals surface area contributed by atoms with E-state index in [1.165, 1.54) is 0 Å². The molecule has 2 unspecified atom stereocenters. The van der Waals surface area contributed by atoms with E-state index < -0.39 is 5.60 Å². The predicted octanol–water partition coefficient (Wildman–Crippen LogP) is 2.41. The van der Waals surface area contributed by atoms with Crippen molar-refractivity contribution in [2.75, 3.05) is 19.6 Å². The molecule has 1 aromatic heterocycles. The van der Waals surface area contributed by atoms with Gasteiger partial charge in [-0.3, -0.25) is 4.68 Å². The maximum Gasteiger partial charge on any atom is 0.191 e. The van der Waals surface area contributed by atoms with Crippen molar-refractivity contribution < 1.29 is 9.84 Å². The molecular formula is C19H28BrN5O2. The molecule has 3 N–H and O–H groups in total. The number of para-hydroxylation sites is 1. The maximum absolute atomic E-state index is 10.7. The lowest BCUT2D eigenvalue weighted by Crippen LogP contribution is -2.42. The third-order valence-electron chi connectivity index (χ3n) is 3.94. The quantitative estimate of drug-likeness (QED) is 0.436. The number of guanidine groups is 1. The van der Waals surface area contributed by atoms with Crippen LogP contribution in [-0.4, -0.2) is 46.6 Å². The van der Waals surface area contributed by atoms with Gasteiger partial charge in [0.2, 0.25) is 0 Å². The Kier molecular flexibility index (Phi) is 7.67. The Balaban J connectivity index is 1.94. The molecule has 0 spiro atoms. The molecule has 1 heterocycles. The summed E-state index contributed by atoms with van der Waals surface area (Å²) < 4.78 is 8.52. The highest BCUT2D eigenvalue weighted by molar-refractivity contribution is 9.10.